The second-order valence-electron chi connectivity index (χ2n) is 8.17. The third kappa shape index (κ3) is 3.55. The molecule has 0 radical (unpaired) electrons. The molecule has 3 aliphatic heterocycles. The van der Waals surface area contributed by atoms with Crippen molar-refractivity contribution in [2.45, 2.75) is 44.0 Å². The molecule has 0 aliphatic carbocycles. The molecule has 3 amide bonds. The summed E-state index contributed by atoms with van der Waals surface area (Å²) in [5.74, 6) is -0.841. The summed E-state index contributed by atoms with van der Waals surface area (Å²) < 4.78 is 0. The normalized spacial score (nSPS) is 27.5. The van der Waals surface area contributed by atoms with Crippen molar-refractivity contribution in [1.82, 2.24) is 20.4 Å². The zero-order chi connectivity index (χ0) is 19.9. The number of nitrogens with one attached hydrogen (secondary N) is 2. The Morgan fingerprint density at radius 2 is 2.14 bits per heavy atom. The van der Waals surface area contributed by atoms with Crippen LogP contribution in [-0.2, 0) is 22.7 Å². The van der Waals surface area contributed by atoms with Crippen LogP contribution in [0.2, 0.25) is 0 Å². The van der Waals surface area contributed by atoms with Gasteiger partial charge in [-0.1, -0.05) is 12.1 Å². The fraction of sp³-hybridized carbons (Fsp3) is 0.550. The molecule has 8 nitrogen and oxygen atoms in total. The molecular formula is C20H26N4O4. The van der Waals surface area contributed by atoms with Crippen molar-refractivity contribution in [2.24, 2.45) is 0 Å². The molecule has 2 unspecified atom stereocenters. The minimum absolute atomic E-state index is 0.160. The number of hydrogen-bond donors (Lipinski definition) is 3. The molecule has 28 heavy (non-hydrogen) atoms. The Morgan fingerprint density at radius 1 is 1.32 bits per heavy atom. The summed E-state index contributed by atoms with van der Waals surface area (Å²) in [6, 6.07) is 5.04. The van der Waals surface area contributed by atoms with E-state index in [1.54, 1.807) is 11.0 Å². The van der Waals surface area contributed by atoms with Gasteiger partial charge in [0.25, 0.3) is 5.91 Å². The number of rotatable bonds is 5. The second-order valence-corrected chi connectivity index (χ2v) is 8.17. The fourth-order valence-corrected chi connectivity index (χ4v) is 4.51. The van der Waals surface area contributed by atoms with E-state index in [1.165, 1.54) is 0 Å². The van der Waals surface area contributed by atoms with Crippen molar-refractivity contribution in [1.29, 1.82) is 0 Å². The smallest absolute Gasteiger partial charge is 0.255 e. The first kappa shape index (κ1) is 19.0. The summed E-state index contributed by atoms with van der Waals surface area (Å²) in [7, 11) is 1.96. The van der Waals surface area contributed by atoms with Gasteiger partial charge in [0.1, 0.15) is 6.04 Å². The molecule has 2 atom stereocenters. The number of imide groups is 1. The van der Waals surface area contributed by atoms with Gasteiger partial charge in [0.05, 0.1) is 5.60 Å². The van der Waals surface area contributed by atoms with Crippen LogP contribution in [-0.4, -0.2) is 71.0 Å². The maximum Gasteiger partial charge on any atom is 0.255 e. The van der Waals surface area contributed by atoms with Crippen LogP contribution >= 0.6 is 0 Å². The Balaban J connectivity index is 1.49. The SMILES string of the molecule is CN(Cc1cccc2c1CN(C1CCC(=O)NC1=O)C2=O)CC1(O)CCNC1. The lowest BCUT2D eigenvalue weighted by Gasteiger charge is -2.30. The molecule has 4 rings (SSSR count). The van der Waals surface area contributed by atoms with Gasteiger partial charge in [-0.15, -0.1) is 0 Å². The van der Waals surface area contributed by atoms with Crippen molar-refractivity contribution in [2.75, 3.05) is 26.7 Å². The minimum Gasteiger partial charge on any atom is -0.387 e. The number of β-amino-alcohol motifs (C(OH)–C–C–N with tert-alkyl or cyclic N) is 1. The Kier molecular flexibility index (Phi) is 4.95. The summed E-state index contributed by atoms with van der Waals surface area (Å²) in [6.45, 7) is 2.94. The molecule has 0 saturated carbocycles. The molecule has 2 saturated heterocycles. The van der Waals surface area contributed by atoms with Gasteiger partial charge in [-0.05, 0) is 43.6 Å². The van der Waals surface area contributed by atoms with E-state index in [-0.39, 0.29) is 18.2 Å². The highest BCUT2D eigenvalue weighted by molar-refractivity contribution is 6.05. The molecule has 1 aromatic carbocycles. The zero-order valence-corrected chi connectivity index (χ0v) is 16.0. The van der Waals surface area contributed by atoms with Gasteiger partial charge in [0, 0.05) is 38.2 Å². The topological polar surface area (TPSA) is 102 Å². The number of likely N-dealkylation sites (N-methyl/N-ethyl adjacent to an activating group) is 1. The Bertz CT molecular complexity index is 818. The van der Waals surface area contributed by atoms with Gasteiger partial charge in [0.2, 0.25) is 11.8 Å². The van der Waals surface area contributed by atoms with E-state index < -0.39 is 17.6 Å². The summed E-state index contributed by atoms with van der Waals surface area (Å²) in [4.78, 5) is 40.2. The van der Waals surface area contributed by atoms with Crippen molar-refractivity contribution >= 4 is 17.7 Å². The molecule has 0 spiro atoms. The molecule has 1 aromatic rings. The van der Waals surface area contributed by atoms with Crippen molar-refractivity contribution in [3.05, 3.63) is 34.9 Å². The maximum absolute atomic E-state index is 12.9. The highest BCUT2D eigenvalue weighted by Crippen LogP contribution is 2.30. The van der Waals surface area contributed by atoms with Gasteiger partial charge in [-0.25, -0.2) is 0 Å². The number of hydrogen-bond acceptors (Lipinski definition) is 6. The van der Waals surface area contributed by atoms with Crippen LogP contribution in [0.15, 0.2) is 18.2 Å². The molecule has 3 aliphatic rings. The van der Waals surface area contributed by atoms with Crippen molar-refractivity contribution < 1.29 is 19.5 Å². The van der Waals surface area contributed by atoms with Crippen LogP contribution in [0.25, 0.3) is 0 Å². The molecule has 150 valence electrons. The lowest BCUT2D eigenvalue weighted by atomic mass is 10.0. The first-order valence-electron chi connectivity index (χ1n) is 9.73. The first-order valence-corrected chi connectivity index (χ1v) is 9.73. The number of nitrogens with zero attached hydrogens (tertiary/aromatic N) is 2. The Morgan fingerprint density at radius 3 is 2.86 bits per heavy atom. The van der Waals surface area contributed by atoms with Gasteiger partial charge in [0.15, 0.2) is 0 Å². The van der Waals surface area contributed by atoms with Crippen LogP contribution in [0.3, 0.4) is 0 Å². The summed E-state index contributed by atoms with van der Waals surface area (Å²) in [5, 5.41) is 16.1. The van der Waals surface area contributed by atoms with Gasteiger partial charge >= 0.3 is 0 Å². The van der Waals surface area contributed by atoms with Crippen molar-refractivity contribution in [3.8, 4) is 0 Å². The summed E-state index contributed by atoms with van der Waals surface area (Å²) in [6.07, 6.45) is 1.34. The van der Waals surface area contributed by atoms with Gasteiger partial charge in [-0.3, -0.25) is 24.6 Å². The molecule has 0 bridgehead atoms. The number of piperidine rings is 1. The standard InChI is InChI=1S/C20H26N4O4/c1-23(12-20(28)7-8-21-11-20)9-13-3-2-4-14-15(13)10-24(19(14)27)16-5-6-17(25)22-18(16)26/h2-4,16,21,28H,5-12H2,1H3,(H,22,25,26). The minimum atomic E-state index is -0.721. The first-order chi connectivity index (χ1) is 13.4. The Hall–Kier alpha value is -2.29. The van der Waals surface area contributed by atoms with E-state index in [9.17, 15) is 19.5 Å². The van der Waals surface area contributed by atoms with Crippen LogP contribution < -0.4 is 10.6 Å². The number of fused-ring (bicyclic) bond motifs is 1. The highest BCUT2D eigenvalue weighted by Gasteiger charge is 2.40. The average molecular weight is 386 g/mol. The van der Waals surface area contributed by atoms with Crippen LogP contribution in [0.4, 0.5) is 0 Å². The lowest BCUT2D eigenvalue weighted by molar-refractivity contribution is -0.136. The maximum atomic E-state index is 12.9. The quantitative estimate of drug-likeness (QED) is 0.596. The number of carbonyl (C=O) groups is 3. The zero-order valence-electron chi connectivity index (χ0n) is 16.0. The number of benzene rings is 1. The number of carbonyl (C=O) groups excluding carboxylic acids is 3. The monoisotopic (exact) mass is 386 g/mol. The average Bonchev–Trinajstić information content (AvgIpc) is 3.20. The fourth-order valence-electron chi connectivity index (χ4n) is 4.51. The van der Waals surface area contributed by atoms with E-state index in [0.717, 1.165) is 24.1 Å². The van der Waals surface area contributed by atoms with E-state index in [0.29, 0.717) is 38.2 Å². The summed E-state index contributed by atoms with van der Waals surface area (Å²) >= 11 is 0. The Labute approximate surface area is 163 Å². The van der Waals surface area contributed by atoms with E-state index >= 15 is 0 Å². The molecular weight excluding hydrogens is 360 g/mol. The number of aliphatic hydroxyl groups is 1. The third-order valence-corrected chi connectivity index (χ3v) is 5.90. The van der Waals surface area contributed by atoms with E-state index in [1.807, 2.05) is 19.2 Å². The molecule has 2 fully saturated rings. The van der Waals surface area contributed by atoms with Crippen LogP contribution in [0.1, 0.15) is 40.7 Å². The van der Waals surface area contributed by atoms with Crippen LogP contribution in [0, 0.1) is 0 Å². The second kappa shape index (κ2) is 7.27. The molecule has 8 heteroatoms. The van der Waals surface area contributed by atoms with E-state index in [4.69, 9.17) is 0 Å². The largest absolute Gasteiger partial charge is 0.387 e. The van der Waals surface area contributed by atoms with Gasteiger partial charge < -0.3 is 15.3 Å². The van der Waals surface area contributed by atoms with E-state index in [2.05, 4.69) is 15.5 Å². The molecule has 0 aromatic heterocycles. The van der Waals surface area contributed by atoms with Crippen LogP contribution in [0.5, 0.6) is 0 Å². The third-order valence-electron chi connectivity index (χ3n) is 5.90. The van der Waals surface area contributed by atoms with Crippen molar-refractivity contribution in [3.63, 3.8) is 0 Å². The predicted molar refractivity (Wildman–Crippen MR) is 101 cm³/mol. The lowest BCUT2D eigenvalue weighted by Crippen LogP contribution is -2.52. The molecule has 3 N–H and O–H groups in total. The predicted octanol–water partition coefficient (Wildman–Crippen LogP) is -0.396. The highest BCUT2D eigenvalue weighted by atomic mass is 16.3. The summed E-state index contributed by atoms with van der Waals surface area (Å²) in [5.41, 5.74) is 1.86. The van der Waals surface area contributed by atoms with Gasteiger partial charge in [-0.2, -0.15) is 0 Å². The molecule has 3 heterocycles. The number of amides is 3.